The van der Waals surface area contributed by atoms with E-state index in [1.54, 1.807) is 13.1 Å². The van der Waals surface area contributed by atoms with Gasteiger partial charge in [-0.1, -0.05) is 6.07 Å². The van der Waals surface area contributed by atoms with Crippen molar-refractivity contribution < 1.29 is 9.59 Å². The second-order valence-corrected chi connectivity index (χ2v) is 8.10. The monoisotopic (exact) mass is 432 g/mol. The molecule has 10 heteroatoms. The smallest absolute Gasteiger partial charge is 0.254 e. The lowest BCUT2D eigenvalue weighted by molar-refractivity contribution is -0.117. The molecule has 3 aromatic rings. The van der Waals surface area contributed by atoms with E-state index in [0.29, 0.717) is 29.4 Å². The standard InChI is InChI=1S/C22H24N8O2/c1-12-25-19-11-29(3)20-15(5-4-6-17(20)30(19)28-12)26-16-9-18(27-21(31)13-7-8-13)24-10-14(16)22(32)23-2/h4-6,9-10,13H,7-8,11H2,1-3H3,(H,23,32)(H2,24,26,27,31). The molecule has 0 saturated heterocycles. The predicted molar refractivity (Wildman–Crippen MR) is 120 cm³/mol. The number of aryl methyl sites for hydroxylation is 1. The van der Waals surface area contributed by atoms with E-state index < -0.39 is 0 Å². The number of anilines is 4. The maximum atomic E-state index is 12.5. The average molecular weight is 432 g/mol. The molecule has 3 heterocycles. The molecule has 3 N–H and O–H groups in total. The number of amides is 2. The first-order valence-corrected chi connectivity index (χ1v) is 10.5. The quantitative estimate of drug-likeness (QED) is 0.567. The number of pyridine rings is 1. The van der Waals surface area contributed by atoms with Crippen molar-refractivity contribution in [2.45, 2.75) is 26.3 Å². The first kappa shape index (κ1) is 20.0. The Kier molecular flexibility index (Phi) is 4.76. The van der Waals surface area contributed by atoms with Crippen LogP contribution in [0, 0.1) is 12.8 Å². The van der Waals surface area contributed by atoms with Crippen molar-refractivity contribution in [2.75, 3.05) is 29.6 Å². The van der Waals surface area contributed by atoms with E-state index in [0.717, 1.165) is 35.7 Å². The van der Waals surface area contributed by atoms with Crippen LogP contribution in [0.25, 0.3) is 5.69 Å². The van der Waals surface area contributed by atoms with Gasteiger partial charge in [-0.05, 0) is 31.9 Å². The Morgan fingerprint density at radius 3 is 2.75 bits per heavy atom. The van der Waals surface area contributed by atoms with Gasteiger partial charge in [-0.15, -0.1) is 0 Å². The summed E-state index contributed by atoms with van der Waals surface area (Å²) in [6, 6.07) is 7.55. The third-order valence-corrected chi connectivity index (χ3v) is 5.63. The topological polar surface area (TPSA) is 117 Å². The summed E-state index contributed by atoms with van der Waals surface area (Å²) >= 11 is 0. The van der Waals surface area contributed by atoms with E-state index in [1.807, 2.05) is 36.9 Å². The fourth-order valence-corrected chi connectivity index (χ4v) is 3.91. The van der Waals surface area contributed by atoms with E-state index in [1.165, 1.54) is 6.20 Å². The Hall–Kier alpha value is -3.95. The third kappa shape index (κ3) is 3.53. The summed E-state index contributed by atoms with van der Waals surface area (Å²) in [5.74, 6) is 1.74. The molecule has 0 atom stereocenters. The maximum Gasteiger partial charge on any atom is 0.254 e. The summed E-state index contributed by atoms with van der Waals surface area (Å²) < 4.78 is 1.85. The maximum absolute atomic E-state index is 12.5. The van der Waals surface area contributed by atoms with Crippen molar-refractivity contribution in [3.8, 4) is 5.69 Å². The van der Waals surface area contributed by atoms with Gasteiger partial charge in [0.2, 0.25) is 5.91 Å². The number of fused-ring (bicyclic) bond motifs is 3. The Labute approximate surface area is 185 Å². The van der Waals surface area contributed by atoms with Crippen molar-refractivity contribution in [2.24, 2.45) is 5.92 Å². The zero-order valence-electron chi connectivity index (χ0n) is 18.1. The van der Waals surface area contributed by atoms with Gasteiger partial charge in [-0.3, -0.25) is 9.59 Å². The number of nitrogens with zero attached hydrogens (tertiary/aromatic N) is 5. The summed E-state index contributed by atoms with van der Waals surface area (Å²) in [5, 5.41) is 13.4. The SMILES string of the molecule is CNC(=O)c1cnc(NC(=O)C2CC2)cc1Nc1cccc2c1N(C)Cc1nc(C)nn1-2. The van der Waals surface area contributed by atoms with Crippen LogP contribution in [0.5, 0.6) is 0 Å². The van der Waals surface area contributed by atoms with Gasteiger partial charge in [0, 0.05) is 32.3 Å². The zero-order valence-corrected chi connectivity index (χ0v) is 18.1. The normalized spacial score (nSPS) is 14.4. The van der Waals surface area contributed by atoms with Crippen LogP contribution in [0.1, 0.15) is 34.8 Å². The molecule has 1 saturated carbocycles. The van der Waals surface area contributed by atoms with Crippen LogP contribution in [0.4, 0.5) is 22.9 Å². The Balaban J connectivity index is 1.55. The predicted octanol–water partition coefficient (Wildman–Crippen LogP) is 2.37. The molecule has 1 aromatic carbocycles. The van der Waals surface area contributed by atoms with Crippen LogP contribution in [0.15, 0.2) is 30.5 Å². The molecule has 2 amide bonds. The fourth-order valence-electron chi connectivity index (χ4n) is 3.91. The van der Waals surface area contributed by atoms with Crippen LogP contribution in [0.2, 0.25) is 0 Å². The van der Waals surface area contributed by atoms with Crippen molar-refractivity contribution in [1.29, 1.82) is 0 Å². The Bertz CT molecular complexity index is 1230. The zero-order chi connectivity index (χ0) is 22.4. The van der Waals surface area contributed by atoms with E-state index in [-0.39, 0.29) is 17.7 Å². The van der Waals surface area contributed by atoms with Crippen LogP contribution in [-0.4, -0.2) is 45.7 Å². The first-order chi connectivity index (χ1) is 15.4. The highest BCUT2D eigenvalue weighted by Crippen LogP contribution is 2.39. The molecule has 2 aromatic heterocycles. The third-order valence-electron chi connectivity index (χ3n) is 5.63. The molecule has 1 aliphatic carbocycles. The van der Waals surface area contributed by atoms with Gasteiger partial charge in [-0.25, -0.2) is 14.6 Å². The molecule has 0 radical (unpaired) electrons. The summed E-state index contributed by atoms with van der Waals surface area (Å²) in [4.78, 5) is 35.6. The molecular formula is C22H24N8O2. The lowest BCUT2D eigenvalue weighted by atomic mass is 10.1. The van der Waals surface area contributed by atoms with Gasteiger partial charge in [-0.2, -0.15) is 5.10 Å². The minimum absolute atomic E-state index is 0.0398. The second kappa shape index (κ2) is 7.63. The molecule has 5 rings (SSSR count). The minimum Gasteiger partial charge on any atom is -0.364 e. The van der Waals surface area contributed by atoms with E-state index in [4.69, 9.17) is 0 Å². The highest BCUT2D eigenvalue weighted by molar-refractivity contribution is 6.02. The average Bonchev–Trinajstić information content (AvgIpc) is 3.56. The van der Waals surface area contributed by atoms with Crippen LogP contribution in [-0.2, 0) is 11.3 Å². The second-order valence-electron chi connectivity index (χ2n) is 8.10. The molecule has 1 fully saturated rings. The van der Waals surface area contributed by atoms with Crippen molar-refractivity contribution in [1.82, 2.24) is 25.1 Å². The van der Waals surface area contributed by atoms with Crippen molar-refractivity contribution in [3.63, 3.8) is 0 Å². The van der Waals surface area contributed by atoms with Crippen LogP contribution >= 0.6 is 0 Å². The van der Waals surface area contributed by atoms with Crippen LogP contribution in [0.3, 0.4) is 0 Å². The number of para-hydroxylation sites is 1. The number of carbonyl (C=O) groups is 2. The summed E-state index contributed by atoms with van der Waals surface area (Å²) in [5.41, 5.74) is 3.57. The summed E-state index contributed by atoms with van der Waals surface area (Å²) in [7, 11) is 3.56. The molecule has 10 nitrogen and oxygen atoms in total. The number of carbonyl (C=O) groups excluding carboxylic acids is 2. The minimum atomic E-state index is -0.271. The van der Waals surface area contributed by atoms with Crippen molar-refractivity contribution in [3.05, 3.63) is 47.7 Å². The summed E-state index contributed by atoms with van der Waals surface area (Å²) in [6.07, 6.45) is 3.28. The number of rotatable bonds is 5. The lowest BCUT2D eigenvalue weighted by Crippen LogP contribution is -2.27. The van der Waals surface area contributed by atoms with Gasteiger partial charge >= 0.3 is 0 Å². The number of benzene rings is 1. The number of hydrogen-bond acceptors (Lipinski definition) is 7. The first-order valence-electron chi connectivity index (χ1n) is 10.5. The highest BCUT2D eigenvalue weighted by atomic mass is 16.2. The van der Waals surface area contributed by atoms with E-state index >= 15 is 0 Å². The van der Waals surface area contributed by atoms with Gasteiger partial charge in [0.05, 0.1) is 34.9 Å². The van der Waals surface area contributed by atoms with Gasteiger partial charge < -0.3 is 20.9 Å². The molecule has 164 valence electrons. The number of hydrogen-bond donors (Lipinski definition) is 3. The highest BCUT2D eigenvalue weighted by Gasteiger charge is 2.30. The summed E-state index contributed by atoms with van der Waals surface area (Å²) in [6.45, 7) is 2.48. The van der Waals surface area contributed by atoms with E-state index in [9.17, 15) is 9.59 Å². The van der Waals surface area contributed by atoms with E-state index in [2.05, 4.69) is 35.9 Å². The molecule has 32 heavy (non-hydrogen) atoms. The Morgan fingerprint density at radius 1 is 1.19 bits per heavy atom. The molecule has 0 unspecified atom stereocenters. The number of nitrogens with one attached hydrogen (secondary N) is 3. The van der Waals surface area contributed by atoms with Gasteiger partial charge in [0.25, 0.3) is 5.91 Å². The molecule has 2 aliphatic rings. The molecule has 0 bridgehead atoms. The molecular weight excluding hydrogens is 408 g/mol. The van der Waals surface area contributed by atoms with Crippen molar-refractivity contribution >= 4 is 34.7 Å². The van der Waals surface area contributed by atoms with Gasteiger partial charge in [0.1, 0.15) is 11.6 Å². The molecule has 1 aliphatic heterocycles. The van der Waals surface area contributed by atoms with Crippen LogP contribution < -0.4 is 20.9 Å². The lowest BCUT2D eigenvalue weighted by Gasteiger charge is -2.30. The molecule has 0 spiro atoms. The Morgan fingerprint density at radius 2 is 2.00 bits per heavy atom. The largest absolute Gasteiger partial charge is 0.364 e. The number of aromatic nitrogens is 4. The van der Waals surface area contributed by atoms with Gasteiger partial charge in [0.15, 0.2) is 5.82 Å². The fraction of sp³-hybridized carbons (Fsp3) is 0.318.